The van der Waals surface area contributed by atoms with E-state index in [1.165, 1.54) is 4.90 Å². The van der Waals surface area contributed by atoms with Crippen LogP contribution in [0, 0.1) is 5.41 Å². The molecule has 1 aromatic rings. The number of carbonyl (C=O) groups excluding carboxylic acids is 2. The summed E-state index contributed by atoms with van der Waals surface area (Å²) >= 11 is 0. The van der Waals surface area contributed by atoms with Crippen LogP contribution < -0.4 is 5.11 Å². The number of rotatable bonds is 4. The first kappa shape index (κ1) is 18.9. The average Bonchev–Trinajstić information content (AvgIpc) is 2.79. The molecule has 2 rings (SSSR count). The van der Waals surface area contributed by atoms with E-state index in [1.807, 2.05) is 0 Å². The average molecular weight is 348 g/mol. The summed E-state index contributed by atoms with van der Waals surface area (Å²) in [5, 5.41) is 22.0. The summed E-state index contributed by atoms with van der Waals surface area (Å²) in [6.45, 7) is 6.33. The van der Waals surface area contributed by atoms with E-state index in [1.54, 1.807) is 58.0 Å². The number of nitrogens with zero attached hydrogens (tertiary/aromatic N) is 2. The first-order valence-corrected chi connectivity index (χ1v) is 8.21. The minimum Gasteiger partial charge on any atom is -0.498 e. The Morgan fingerprint density at radius 3 is 2.20 bits per heavy atom. The number of amides is 3. The minimum absolute atomic E-state index is 0.102. The summed E-state index contributed by atoms with van der Waals surface area (Å²) in [4.78, 5) is 38.5. The van der Waals surface area contributed by atoms with Crippen LogP contribution in [-0.4, -0.2) is 51.2 Å². The molecule has 1 heterocycles. The maximum absolute atomic E-state index is 13.1. The van der Waals surface area contributed by atoms with Gasteiger partial charge in [0.2, 0.25) is 0 Å². The highest BCUT2D eigenvalue weighted by molar-refractivity contribution is 5.91. The van der Waals surface area contributed by atoms with Crippen LogP contribution >= 0.6 is 0 Å². The zero-order chi connectivity index (χ0) is 19.0. The summed E-state index contributed by atoms with van der Waals surface area (Å²) in [5.41, 5.74) is -1.86. The zero-order valence-electron chi connectivity index (χ0n) is 15.0. The molecule has 1 aliphatic heterocycles. The third kappa shape index (κ3) is 2.68. The quantitative estimate of drug-likeness (QED) is 0.835. The molecular weight excluding hydrogens is 324 g/mol. The molecule has 0 spiro atoms. The highest BCUT2D eigenvalue weighted by atomic mass is 16.4. The predicted molar refractivity (Wildman–Crippen MR) is 88.3 cm³/mol. The molecule has 25 heavy (non-hydrogen) atoms. The number of carboxylic acid groups (broad SMARTS) is 2. The van der Waals surface area contributed by atoms with Gasteiger partial charge in [-0.3, -0.25) is 4.90 Å². The van der Waals surface area contributed by atoms with E-state index < -0.39 is 33.5 Å². The van der Waals surface area contributed by atoms with Crippen LogP contribution in [0.15, 0.2) is 30.3 Å². The molecule has 7 heteroatoms. The molecule has 1 aromatic carbocycles. The molecule has 0 radical (unpaired) electrons. The molecule has 2 atom stereocenters. The Morgan fingerprint density at radius 2 is 1.84 bits per heavy atom. The van der Waals surface area contributed by atoms with E-state index in [9.17, 15) is 24.6 Å². The Labute approximate surface area is 147 Å². The maximum Gasteiger partial charge on any atom is 0.426 e. The van der Waals surface area contributed by atoms with E-state index in [0.29, 0.717) is 5.56 Å². The second-order valence-corrected chi connectivity index (χ2v) is 7.48. The standard InChI is InChI=1S/C18H24N2O5/c1-5-19-15(23)20(16(24)25,11-13-9-7-6-8-10-13)12-18(19,14(21)22)17(2,3)4/h6-10H,5,11-12H2,1-4H3,(H-,21,22,24,25). The fourth-order valence-corrected chi connectivity index (χ4v) is 3.71. The smallest absolute Gasteiger partial charge is 0.426 e. The van der Waals surface area contributed by atoms with Crippen LogP contribution in [0.1, 0.15) is 33.3 Å². The minimum atomic E-state index is -1.63. The van der Waals surface area contributed by atoms with Gasteiger partial charge < -0.3 is 15.0 Å². The summed E-state index contributed by atoms with van der Waals surface area (Å²) < 4.78 is -1.05. The third-order valence-electron chi connectivity index (χ3n) is 5.11. The van der Waals surface area contributed by atoms with Gasteiger partial charge in [0.1, 0.15) is 13.1 Å². The number of quaternary nitrogens is 1. The number of hydrogen-bond donors (Lipinski definition) is 1. The van der Waals surface area contributed by atoms with Gasteiger partial charge in [-0.05, 0) is 6.92 Å². The highest BCUT2D eigenvalue weighted by Crippen LogP contribution is 2.45. The van der Waals surface area contributed by atoms with Crippen molar-refractivity contribution in [2.75, 3.05) is 13.1 Å². The Morgan fingerprint density at radius 1 is 1.28 bits per heavy atom. The molecule has 0 saturated carbocycles. The van der Waals surface area contributed by atoms with Crippen molar-refractivity contribution < 1.29 is 29.1 Å². The SMILES string of the molecule is CCN1C(=O)[N+](Cc2ccccc2)(C(=O)[O-])CC1(C(=O)O)C(C)(C)C. The zero-order valence-corrected chi connectivity index (χ0v) is 15.0. The van der Waals surface area contributed by atoms with Gasteiger partial charge in [0.15, 0.2) is 5.54 Å². The predicted octanol–water partition coefficient (Wildman–Crippen LogP) is 1.67. The summed E-state index contributed by atoms with van der Waals surface area (Å²) in [6.07, 6.45) is -1.58. The van der Waals surface area contributed by atoms with Crippen molar-refractivity contribution in [2.24, 2.45) is 5.41 Å². The van der Waals surface area contributed by atoms with E-state index in [0.717, 1.165) is 0 Å². The van der Waals surface area contributed by atoms with Gasteiger partial charge in [-0.2, -0.15) is 4.48 Å². The van der Waals surface area contributed by atoms with Crippen molar-refractivity contribution in [3.8, 4) is 0 Å². The molecule has 7 nitrogen and oxygen atoms in total. The highest BCUT2D eigenvalue weighted by Gasteiger charge is 2.70. The molecule has 1 fully saturated rings. The van der Waals surface area contributed by atoms with Crippen LogP contribution in [0.3, 0.4) is 0 Å². The summed E-state index contributed by atoms with van der Waals surface area (Å²) in [6, 6.07) is 7.95. The first-order chi connectivity index (χ1) is 11.5. The largest absolute Gasteiger partial charge is 0.498 e. The number of carbonyl (C=O) groups is 3. The molecule has 0 aromatic heterocycles. The van der Waals surface area contributed by atoms with Gasteiger partial charge in [-0.15, -0.1) is 0 Å². The molecule has 1 aliphatic rings. The van der Waals surface area contributed by atoms with Crippen molar-refractivity contribution in [1.82, 2.24) is 4.90 Å². The molecule has 0 bridgehead atoms. The lowest BCUT2D eigenvalue weighted by molar-refractivity contribution is -0.807. The molecule has 1 saturated heterocycles. The fraction of sp³-hybridized carbons (Fsp3) is 0.500. The summed E-state index contributed by atoms with van der Waals surface area (Å²) in [5.74, 6) is -1.20. The summed E-state index contributed by atoms with van der Waals surface area (Å²) in [7, 11) is 0. The van der Waals surface area contributed by atoms with Crippen molar-refractivity contribution >= 4 is 18.1 Å². The Bertz CT molecular complexity index is 697. The number of imide groups is 1. The molecular formula is C18H24N2O5. The van der Waals surface area contributed by atoms with Crippen LogP contribution in [0.2, 0.25) is 0 Å². The second-order valence-electron chi connectivity index (χ2n) is 7.48. The van der Waals surface area contributed by atoms with Gasteiger partial charge in [0.25, 0.3) is 6.09 Å². The number of aliphatic carboxylic acids is 1. The molecule has 3 amide bonds. The normalized spacial score (nSPS) is 26.7. The van der Waals surface area contributed by atoms with E-state index in [4.69, 9.17) is 0 Å². The lowest BCUT2D eigenvalue weighted by Gasteiger charge is -2.40. The van der Waals surface area contributed by atoms with Gasteiger partial charge in [-0.1, -0.05) is 51.1 Å². The van der Waals surface area contributed by atoms with E-state index in [-0.39, 0.29) is 19.6 Å². The Balaban J connectivity index is 2.65. The van der Waals surface area contributed by atoms with Crippen molar-refractivity contribution in [1.29, 1.82) is 0 Å². The maximum atomic E-state index is 13.1. The van der Waals surface area contributed by atoms with Crippen molar-refractivity contribution in [2.45, 2.75) is 39.8 Å². The molecule has 2 unspecified atom stereocenters. The number of carboxylic acids is 1. The van der Waals surface area contributed by atoms with Crippen LogP contribution in [-0.2, 0) is 11.3 Å². The van der Waals surface area contributed by atoms with Gasteiger partial charge in [0.05, 0.1) is 0 Å². The number of urea groups is 1. The lowest BCUT2D eigenvalue weighted by Crippen LogP contribution is -2.63. The molecule has 136 valence electrons. The van der Waals surface area contributed by atoms with Crippen LogP contribution in [0.4, 0.5) is 9.59 Å². The lowest BCUT2D eigenvalue weighted by atomic mass is 9.72. The fourth-order valence-electron chi connectivity index (χ4n) is 3.71. The van der Waals surface area contributed by atoms with Gasteiger partial charge in [-0.25, -0.2) is 9.59 Å². The van der Waals surface area contributed by atoms with Gasteiger partial charge >= 0.3 is 12.0 Å². The molecule has 0 aliphatic carbocycles. The van der Waals surface area contributed by atoms with Crippen LogP contribution in [0.5, 0.6) is 0 Å². The monoisotopic (exact) mass is 348 g/mol. The number of hydrogen-bond acceptors (Lipinski definition) is 4. The Kier molecular flexibility index (Phi) is 4.65. The Hall–Kier alpha value is -2.41. The third-order valence-corrected chi connectivity index (χ3v) is 5.11. The van der Waals surface area contributed by atoms with Crippen molar-refractivity contribution in [3.05, 3.63) is 35.9 Å². The number of likely N-dealkylation sites (N-methyl/N-ethyl adjacent to an activating group) is 1. The van der Waals surface area contributed by atoms with Gasteiger partial charge in [0, 0.05) is 17.5 Å². The first-order valence-electron chi connectivity index (χ1n) is 8.21. The van der Waals surface area contributed by atoms with Crippen LogP contribution in [0.25, 0.3) is 0 Å². The number of benzene rings is 1. The van der Waals surface area contributed by atoms with Crippen molar-refractivity contribution in [3.63, 3.8) is 0 Å². The van der Waals surface area contributed by atoms with E-state index in [2.05, 4.69) is 0 Å². The topological polar surface area (TPSA) is 97.7 Å². The van der Waals surface area contributed by atoms with E-state index >= 15 is 0 Å². The molecule has 1 N–H and O–H groups in total. The second kappa shape index (κ2) is 6.15.